The van der Waals surface area contributed by atoms with Crippen LogP contribution in [0.4, 0.5) is 11.5 Å². The topological polar surface area (TPSA) is 89.3 Å². The molecule has 1 amide bonds. The fraction of sp³-hybridized carbons (Fsp3) is 0.143. The lowest BCUT2D eigenvalue weighted by Gasteiger charge is -2.10. The highest BCUT2D eigenvalue weighted by Crippen LogP contribution is 2.17. The van der Waals surface area contributed by atoms with E-state index < -0.39 is 0 Å². The van der Waals surface area contributed by atoms with Crippen LogP contribution >= 0.6 is 0 Å². The molecule has 20 heavy (non-hydrogen) atoms. The summed E-state index contributed by atoms with van der Waals surface area (Å²) in [5.41, 5.74) is 4.50. The van der Waals surface area contributed by atoms with Crippen LogP contribution in [0.3, 0.4) is 0 Å². The number of para-hydroxylation sites is 1. The third-order valence-electron chi connectivity index (χ3n) is 2.74. The Morgan fingerprint density at radius 2 is 2.10 bits per heavy atom. The minimum atomic E-state index is -0.232. The Hall–Kier alpha value is -2.44. The number of nitrogen functional groups attached to an aromatic ring is 1. The van der Waals surface area contributed by atoms with Gasteiger partial charge >= 0.3 is 0 Å². The van der Waals surface area contributed by atoms with Crippen molar-refractivity contribution in [2.24, 2.45) is 5.84 Å². The van der Waals surface area contributed by atoms with Gasteiger partial charge in [-0.2, -0.15) is 0 Å². The predicted molar refractivity (Wildman–Crippen MR) is 77.2 cm³/mol. The lowest BCUT2D eigenvalue weighted by atomic mass is 10.1. The van der Waals surface area contributed by atoms with Gasteiger partial charge in [-0.25, -0.2) is 10.8 Å². The van der Waals surface area contributed by atoms with Gasteiger partial charge < -0.3 is 15.5 Å². The van der Waals surface area contributed by atoms with Crippen LogP contribution in [0.5, 0.6) is 0 Å². The Morgan fingerprint density at radius 1 is 1.30 bits per heavy atom. The monoisotopic (exact) mass is 272 g/mol. The van der Waals surface area contributed by atoms with Crippen molar-refractivity contribution in [2.75, 3.05) is 17.9 Å². The number of hydrogen-bond donors (Lipinski definition) is 3. The first kappa shape index (κ1) is 14.0. The van der Waals surface area contributed by atoms with E-state index in [9.17, 15) is 4.79 Å². The summed E-state index contributed by atoms with van der Waals surface area (Å²) < 4.78 is 5.10. The quantitative estimate of drug-likeness (QED) is 0.570. The molecule has 0 aliphatic rings. The van der Waals surface area contributed by atoms with Crippen LogP contribution in [0, 0.1) is 0 Å². The number of hydrogen-bond acceptors (Lipinski definition) is 5. The van der Waals surface area contributed by atoms with Crippen LogP contribution in [0.15, 0.2) is 42.6 Å². The highest BCUT2D eigenvalue weighted by atomic mass is 16.5. The van der Waals surface area contributed by atoms with Crippen molar-refractivity contribution >= 4 is 17.4 Å². The molecule has 0 aliphatic carbocycles. The zero-order chi connectivity index (χ0) is 14.4. The van der Waals surface area contributed by atoms with E-state index in [1.54, 1.807) is 19.2 Å². The summed E-state index contributed by atoms with van der Waals surface area (Å²) in [7, 11) is 1.61. The number of methoxy groups -OCH3 is 1. The first-order chi connectivity index (χ1) is 9.74. The number of nitrogens with one attached hydrogen (secondary N) is 2. The summed E-state index contributed by atoms with van der Waals surface area (Å²) in [5.74, 6) is 5.50. The molecule has 2 rings (SSSR count). The molecule has 0 fully saturated rings. The smallest absolute Gasteiger partial charge is 0.257 e. The van der Waals surface area contributed by atoms with E-state index in [1.807, 2.05) is 24.3 Å². The molecule has 0 radical (unpaired) electrons. The molecule has 104 valence electrons. The summed E-state index contributed by atoms with van der Waals surface area (Å²) in [6.07, 6.45) is 1.46. The number of nitrogens with zero attached hydrogens (tertiary/aromatic N) is 1. The largest absolute Gasteiger partial charge is 0.380 e. The number of pyridine rings is 1. The number of ether oxygens (including phenoxy) is 1. The van der Waals surface area contributed by atoms with E-state index in [0.29, 0.717) is 18.0 Å². The summed E-state index contributed by atoms with van der Waals surface area (Å²) >= 11 is 0. The second-order valence-corrected chi connectivity index (χ2v) is 4.12. The number of hydrazine groups is 1. The van der Waals surface area contributed by atoms with E-state index in [0.717, 1.165) is 11.3 Å². The Kier molecular flexibility index (Phi) is 4.65. The highest BCUT2D eigenvalue weighted by molar-refractivity contribution is 6.04. The molecule has 0 aliphatic heterocycles. The summed E-state index contributed by atoms with van der Waals surface area (Å²) in [6.45, 7) is 0.435. The van der Waals surface area contributed by atoms with Gasteiger partial charge in [0.1, 0.15) is 5.82 Å². The number of carbonyl (C=O) groups is 1. The van der Waals surface area contributed by atoms with Gasteiger partial charge in [0.05, 0.1) is 12.2 Å². The predicted octanol–water partition coefficient (Wildman–Crippen LogP) is 1.77. The average Bonchev–Trinajstić information content (AvgIpc) is 2.49. The Labute approximate surface area is 116 Å². The number of rotatable bonds is 5. The molecule has 0 saturated heterocycles. The van der Waals surface area contributed by atoms with Crippen LogP contribution in [0.1, 0.15) is 15.9 Å². The van der Waals surface area contributed by atoms with Gasteiger partial charge in [0, 0.05) is 24.6 Å². The minimum absolute atomic E-state index is 0.232. The van der Waals surface area contributed by atoms with Gasteiger partial charge in [-0.1, -0.05) is 18.2 Å². The summed E-state index contributed by atoms with van der Waals surface area (Å²) in [6, 6.07) is 10.8. The van der Waals surface area contributed by atoms with Crippen LogP contribution < -0.4 is 16.6 Å². The van der Waals surface area contributed by atoms with Gasteiger partial charge in [0.25, 0.3) is 5.91 Å². The molecule has 6 nitrogen and oxygen atoms in total. The number of amides is 1. The number of carbonyl (C=O) groups excluding carboxylic acids is 1. The molecule has 0 bridgehead atoms. The fourth-order valence-corrected chi connectivity index (χ4v) is 1.73. The number of aromatic nitrogens is 1. The van der Waals surface area contributed by atoms with Gasteiger partial charge in [0.15, 0.2) is 0 Å². The van der Waals surface area contributed by atoms with E-state index in [4.69, 9.17) is 10.6 Å². The van der Waals surface area contributed by atoms with Crippen LogP contribution in [-0.2, 0) is 11.3 Å². The molecule has 4 N–H and O–H groups in total. The van der Waals surface area contributed by atoms with Crippen molar-refractivity contribution in [1.29, 1.82) is 0 Å². The maximum atomic E-state index is 12.1. The Balaban J connectivity index is 2.14. The van der Waals surface area contributed by atoms with Crippen molar-refractivity contribution in [3.05, 3.63) is 53.7 Å². The SMILES string of the molecule is COCc1ccccc1NC(=O)c1ccc(NN)nc1. The molecule has 0 spiro atoms. The molecule has 2 aromatic rings. The fourth-order valence-electron chi connectivity index (χ4n) is 1.73. The van der Waals surface area contributed by atoms with E-state index in [1.165, 1.54) is 6.20 Å². The third kappa shape index (κ3) is 3.31. The molecule has 6 heteroatoms. The molecular formula is C14H16N4O2. The highest BCUT2D eigenvalue weighted by Gasteiger charge is 2.09. The van der Waals surface area contributed by atoms with Crippen LogP contribution in [-0.4, -0.2) is 18.0 Å². The number of anilines is 2. The lowest BCUT2D eigenvalue weighted by Crippen LogP contribution is -2.14. The second-order valence-electron chi connectivity index (χ2n) is 4.12. The normalized spacial score (nSPS) is 10.1. The summed E-state index contributed by atoms with van der Waals surface area (Å²) in [4.78, 5) is 16.1. The van der Waals surface area contributed by atoms with Gasteiger partial charge in [-0.05, 0) is 18.2 Å². The van der Waals surface area contributed by atoms with E-state index in [-0.39, 0.29) is 5.91 Å². The zero-order valence-electron chi connectivity index (χ0n) is 11.1. The first-order valence-electron chi connectivity index (χ1n) is 6.05. The van der Waals surface area contributed by atoms with Crippen molar-refractivity contribution in [1.82, 2.24) is 4.98 Å². The van der Waals surface area contributed by atoms with Gasteiger partial charge in [0.2, 0.25) is 0 Å². The van der Waals surface area contributed by atoms with Crippen LogP contribution in [0.25, 0.3) is 0 Å². The molecule has 1 aromatic carbocycles. The van der Waals surface area contributed by atoms with Crippen LogP contribution in [0.2, 0.25) is 0 Å². The first-order valence-corrected chi connectivity index (χ1v) is 6.05. The average molecular weight is 272 g/mol. The Bertz CT molecular complexity index is 584. The molecule has 0 saturated carbocycles. The van der Waals surface area contributed by atoms with Gasteiger partial charge in [-0.15, -0.1) is 0 Å². The minimum Gasteiger partial charge on any atom is -0.380 e. The van der Waals surface area contributed by atoms with Crippen molar-refractivity contribution in [2.45, 2.75) is 6.61 Å². The maximum absolute atomic E-state index is 12.1. The zero-order valence-corrected chi connectivity index (χ0v) is 11.1. The molecule has 1 heterocycles. The van der Waals surface area contributed by atoms with Crippen molar-refractivity contribution in [3.63, 3.8) is 0 Å². The van der Waals surface area contributed by atoms with Gasteiger partial charge in [-0.3, -0.25) is 4.79 Å². The molecule has 1 aromatic heterocycles. The number of benzene rings is 1. The standard InChI is InChI=1S/C14H16N4O2/c1-20-9-11-4-2-3-5-12(11)17-14(19)10-6-7-13(18-15)16-8-10/h2-8H,9,15H2,1H3,(H,16,18)(H,17,19). The molecule has 0 atom stereocenters. The number of nitrogens with two attached hydrogens (primary N) is 1. The Morgan fingerprint density at radius 3 is 2.75 bits per heavy atom. The van der Waals surface area contributed by atoms with E-state index >= 15 is 0 Å². The lowest BCUT2D eigenvalue weighted by molar-refractivity contribution is 0.102. The summed E-state index contributed by atoms with van der Waals surface area (Å²) in [5, 5.41) is 2.84. The van der Waals surface area contributed by atoms with Crippen molar-refractivity contribution in [3.8, 4) is 0 Å². The second kappa shape index (κ2) is 6.65. The molecular weight excluding hydrogens is 256 g/mol. The third-order valence-corrected chi connectivity index (χ3v) is 2.74. The maximum Gasteiger partial charge on any atom is 0.257 e. The van der Waals surface area contributed by atoms with Crippen molar-refractivity contribution < 1.29 is 9.53 Å². The molecule has 0 unspecified atom stereocenters. The van der Waals surface area contributed by atoms with E-state index in [2.05, 4.69) is 15.7 Å².